The minimum absolute atomic E-state index is 0.00177. The Balaban J connectivity index is 1.86. The second kappa shape index (κ2) is 7.81. The van der Waals surface area contributed by atoms with E-state index in [9.17, 15) is 9.18 Å². The molecule has 1 fully saturated rings. The van der Waals surface area contributed by atoms with E-state index in [1.165, 1.54) is 6.07 Å². The summed E-state index contributed by atoms with van der Waals surface area (Å²) in [5, 5.41) is 3.11. The number of halogens is 2. The van der Waals surface area contributed by atoms with E-state index in [1.807, 2.05) is 11.0 Å². The Kier molecular flexibility index (Phi) is 5.49. The SMILES string of the molecule is C=Nc1ccc(-c2ccc(CN3CCNC(=O)C3)cc2F)cc1C(=C)Cl. The molecule has 0 radical (unpaired) electrons. The van der Waals surface area contributed by atoms with E-state index in [2.05, 4.69) is 23.6 Å². The molecule has 0 bridgehead atoms. The van der Waals surface area contributed by atoms with E-state index >= 15 is 0 Å². The second-order valence-electron chi connectivity index (χ2n) is 6.17. The zero-order valence-electron chi connectivity index (χ0n) is 14.3. The highest BCUT2D eigenvalue weighted by molar-refractivity contribution is 6.48. The maximum Gasteiger partial charge on any atom is 0.234 e. The molecule has 0 saturated carbocycles. The van der Waals surface area contributed by atoms with E-state index in [0.29, 0.717) is 47.0 Å². The van der Waals surface area contributed by atoms with Gasteiger partial charge in [0.05, 0.1) is 12.2 Å². The van der Waals surface area contributed by atoms with Crippen molar-refractivity contribution in [3.8, 4) is 11.1 Å². The van der Waals surface area contributed by atoms with Gasteiger partial charge in [-0.25, -0.2) is 4.39 Å². The van der Waals surface area contributed by atoms with Crippen molar-refractivity contribution >= 4 is 34.9 Å². The molecule has 1 saturated heterocycles. The van der Waals surface area contributed by atoms with Crippen LogP contribution in [0.25, 0.3) is 16.2 Å². The van der Waals surface area contributed by atoms with Crippen LogP contribution in [0.4, 0.5) is 10.1 Å². The highest BCUT2D eigenvalue weighted by atomic mass is 35.5. The van der Waals surface area contributed by atoms with Crippen LogP contribution in [0.2, 0.25) is 0 Å². The number of nitrogens with zero attached hydrogens (tertiary/aromatic N) is 2. The zero-order chi connectivity index (χ0) is 18.7. The highest BCUT2D eigenvalue weighted by Crippen LogP contribution is 2.33. The summed E-state index contributed by atoms with van der Waals surface area (Å²) in [7, 11) is 0. The molecular formula is C20H19ClFN3O. The number of piperazine rings is 1. The Labute approximate surface area is 157 Å². The minimum Gasteiger partial charge on any atom is -0.354 e. The first-order valence-electron chi connectivity index (χ1n) is 8.21. The van der Waals surface area contributed by atoms with Gasteiger partial charge in [0.25, 0.3) is 0 Å². The Morgan fingerprint density at radius 1 is 1.31 bits per heavy atom. The highest BCUT2D eigenvalue weighted by Gasteiger charge is 2.17. The predicted molar refractivity (Wildman–Crippen MR) is 104 cm³/mol. The fraction of sp³-hybridized carbons (Fsp3) is 0.200. The monoisotopic (exact) mass is 371 g/mol. The fourth-order valence-corrected chi connectivity index (χ4v) is 3.19. The predicted octanol–water partition coefficient (Wildman–Crippen LogP) is 3.97. The average molecular weight is 372 g/mol. The van der Waals surface area contributed by atoms with Crippen LogP contribution in [-0.4, -0.2) is 37.2 Å². The maximum absolute atomic E-state index is 14.7. The first-order valence-corrected chi connectivity index (χ1v) is 8.59. The van der Waals surface area contributed by atoms with Crippen LogP contribution in [0.1, 0.15) is 11.1 Å². The van der Waals surface area contributed by atoms with Gasteiger partial charge in [0.15, 0.2) is 0 Å². The number of carbonyl (C=O) groups excluding carboxylic acids is 1. The van der Waals surface area contributed by atoms with E-state index in [-0.39, 0.29) is 11.7 Å². The van der Waals surface area contributed by atoms with Gasteiger partial charge in [-0.1, -0.05) is 36.4 Å². The number of hydrogen-bond donors (Lipinski definition) is 1. The van der Waals surface area contributed by atoms with Crippen LogP contribution in [0.3, 0.4) is 0 Å². The van der Waals surface area contributed by atoms with Gasteiger partial charge >= 0.3 is 0 Å². The number of hydrogen-bond acceptors (Lipinski definition) is 3. The molecule has 2 aromatic rings. The van der Waals surface area contributed by atoms with Crippen molar-refractivity contribution < 1.29 is 9.18 Å². The largest absolute Gasteiger partial charge is 0.354 e. The van der Waals surface area contributed by atoms with Crippen LogP contribution in [0.5, 0.6) is 0 Å². The molecule has 1 amide bonds. The molecule has 3 rings (SSSR count). The molecule has 1 aliphatic rings. The molecule has 1 aliphatic heterocycles. The van der Waals surface area contributed by atoms with E-state index in [1.54, 1.807) is 24.3 Å². The van der Waals surface area contributed by atoms with Gasteiger partial charge in [-0.3, -0.25) is 14.7 Å². The van der Waals surface area contributed by atoms with Gasteiger partial charge in [0.2, 0.25) is 5.91 Å². The van der Waals surface area contributed by atoms with Crippen molar-refractivity contribution in [2.45, 2.75) is 6.54 Å². The van der Waals surface area contributed by atoms with Gasteiger partial charge < -0.3 is 5.32 Å². The molecular weight excluding hydrogens is 353 g/mol. The fourth-order valence-electron chi connectivity index (χ4n) is 3.03. The third-order valence-electron chi connectivity index (χ3n) is 4.33. The standard InChI is InChI=1S/C20H19ClFN3O/c1-13(21)17-10-15(4-6-19(17)23-2)16-5-3-14(9-18(16)22)11-25-8-7-24-20(26)12-25/h3-6,9-10H,1-2,7-8,11-12H2,(H,24,26). The van der Waals surface area contributed by atoms with Gasteiger partial charge in [-0.05, 0) is 36.0 Å². The summed E-state index contributed by atoms with van der Waals surface area (Å²) in [6.07, 6.45) is 0. The number of aliphatic imine (C=N–C) groups is 1. The first-order chi connectivity index (χ1) is 12.5. The molecule has 1 heterocycles. The second-order valence-corrected chi connectivity index (χ2v) is 6.63. The molecule has 2 aromatic carbocycles. The lowest BCUT2D eigenvalue weighted by molar-refractivity contribution is -0.124. The summed E-state index contributed by atoms with van der Waals surface area (Å²) < 4.78 is 14.7. The summed E-state index contributed by atoms with van der Waals surface area (Å²) in [5.41, 5.74) is 3.22. The molecule has 134 valence electrons. The van der Waals surface area contributed by atoms with Crippen molar-refractivity contribution in [1.82, 2.24) is 10.2 Å². The topological polar surface area (TPSA) is 44.7 Å². The van der Waals surface area contributed by atoms with Crippen molar-refractivity contribution in [3.05, 3.63) is 59.9 Å². The zero-order valence-corrected chi connectivity index (χ0v) is 15.0. The summed E-state index contributed by atoms with van der Waals surface area (Å²) in [4.78, 5) is 17.4. The molecule has 0 aliphatic carbocycles. The van der Waals surface area contributed by atoms with E-state index in [0.717, 1.165) is 12.1 Å². The van der Waals surface area contributed by atoms with Crippen molar-refractivity contribution in [2.75, 3.05) is 19.6 Å². The first kappa shape index (κ1) is 18.3. The molecule has 26 heavy (non-hydrogen) atoms. The number of amides is 1. The summed E-state index contributed by atoms with van der Waals surface area (Å²) >= 11 is 6.02. The number of rotatable bonds is 5. The summed E-state index contributed by atoms with van der Waals surface area (Å²) in [6.45, 7) is 9.48. The number of benzene rings is 2. The van der Waals surface area contributed by atoms with Gasteiger partial charge in [0.1, 0.15) is 5.82 Å². The van der Waals surface area contributed by atoms with Gasteiger partial charge in [-0.2, -0.15) is 0 Å². The molecule has 0 atom stereocenters. The normalized spacial score (nSPS) is 14.8. The van der Waals surface area contributed by atoms with Crippen LogP contribution in [-0.2, 0) is 11.3 Å². The third-order valence-corrected chi connectivity index (χ3v) is 4.53. The molecule has 4 nitrogen and oxygen atoms in total. The molecule has 1 N–H and O–H groups in total. The van der Waals surface area contributed by atoms with Gasteiger partial charge in [-0.15, -0.1) is 0 Å². The molecule has 0 unspecified atom stereocenters. The van der Waals surface area contributed by atoms with Gasteiger partial charge in [0, 0.05) is 35.8 Å². The third kappa shape index (κ3) is 4.00. The molecule has 0 aromatic heterocycles. The molecule has 0 spiro atoms. The van der Waals surface area contributed by atoms with Crippen LogP contribution in [0.15, 0.2) is 48.0 Å². The van der Waals surface area contributed by atoms with Crippen molar-refractivity contribution in [1.29, 1.82) is 0 Å². The smallest absolute Gasteiger partial charge is 0.234 e. The van der Waals surface area contributed by atoms with Crippen molar-refractivity contribution in [3.63, 3.8) is 0 Å². The lowest BCUT2D eigenvalue weighted by Crippen LogP contribution is -2.47. The lowest BCUT2D eigenvalue weighted by atomic mass is 9.99. The van der Waals surface area contributed by atoms with E-state index in [4.69, 9.17) is 11.6 Å². The molecule has 6 heteroatoms. The van der Waals surface area contributed by atoms with E-state index < -0.39 is 0 Å². The average Bonchev–Trinajstić information content (AvgIpc) is 2.61. The Bertz CT molecular complexity index is 881. The summed E-state index contributed by atoms with van der Waals surface area (Å²) in [5.74, 6) is -0.326. The Morgan fingerprint density at radius 2 is 2.12 bits per heavy atom. The van der Waals surface area contributed by atoms with Crippen LogP contribution < -0.4 is 5.32 Å². The number of nitrogens with one attached hydrogen (secondary N) is 1. The number of carbonyl (C=O) groups is 1. The van der Waals surface area contributed by atoms with Crippen molar-refractivity contribution in [2.24, 2.45) is 4.99 Å². The quantitative estimate of drug-likeness (QED) is 0.808. The Morgan fingerprint density at radius 3 is 2.77 bits per heavy atom. The lowest BCUT2D eigenvalue weighted by Gasteiger charge is -2.26. The minimum atomic E-state index is -0.325. The summed E-state index contributed by atoms with van der Waals surface area (Å²) in [6, 6.07) is 10.4. The van der Waals surface area contributed by atoms with Crippen LogP contribution >= 0.6 is 11.6 Å². The van der Waals surface area contributed by atoms with Crippen LogP contribution in [0, 0.1) is 5.82 Å². The Hall–Kier alpha value is -2.50. The maximum atomic E-state index is 14.7.